The van der Waals surface area contributed by atoms with Gasteiger partial charge in [0.05, 0.1) is 0 Å². The normalized spacial score (nSPS) is 10.1. The van der Waals surface area contributed by atoms with E-state index in [0.29, 0.717) is 12.8 Å². The number of urea groups is 1. The van der Waals surface area contributed by atoms with Crippen molar-refractivity contribution in [2.45, 2.75) is 31.0 Å². The van der Waals surface area contributed by atoms with E-state index in [1.165, 1.54) is 0 Å². The second kappa shape index (κ2) is 6.39. The van der Waals surface area contributed by atoms with Gasteiger partial charge in [-0.25, -0.2) is 4.79 Å². The fraction of sp³-hybridized carbons (Fsp3) is 0.714. The number of hydrogen-bond acceptors (Lipinski definition) is 2. The molecule has 0 aromatic heterocycles. The number of nitrogens with two attached hydrogens (primary N) is 1. The van der Waals surface area contributed by atoms with E-state index < -0.39 is 10.4 Å². The molecule has 4 nitrogen and oxygen atoms in total. The van der Waals surface area contributed by atoms with Crippen molar-refractivity contribution in [1.29, 1.82) is 0 Å². The van der Waals surface area contributed by atoms with E-state index in [4.69, 9.17) is 5.73 Å². The van der Waals surface area contributed by atoms with Crippen LogP contribution in [-0.4, -0.2) is 16.3 Å². The number of halogens is 1. The molecule has 0 aliphatic carbocycles. The molecule has 0 aromatic rings. The van der Waals surface area contributed by atoms with E-state index in [9.17, 15) is 9.59 Å². The van der Waals surface area contributed by atoms with Crippen LogP contribution >= 0.6 is 15.9 Å². The molecular formula is C7H13BrCoN2O2. The van der Waals surface area contributed by atoms with E-state index in [1.54, 1.807) is 0 Å². The minimum Gasteiger partial charge on any atom is -0.351 e. The van der Waals surface area contributed by atoms with Crippen molar-refractivity contribution in [2.75, 3.05) is 0 Å². The first-order valence-corrected chi connectivity index (χ1v) is 4.55. The fourth-order valence-electron chi connectivity index (χ4n) is 0.795. The summed E-state index contributed by atoms with van der Waals surface area (Å²) in [5.41, 5.74) is 4.81. The summed E-state index contributed by atoms with van der Waals surface area (Å²) in [6.07, 6.45) is 1.23. The Bertz CT molecular complexity index is 195. The second-order valence-corrected chi connectivity index (χ2v) is 4.01. The molecule has 0 unspecified atom stereocenters. The van der Waals surface area contributed by atoms with Gasteiger partial charge in [0, 0.05) is 16.8 Å². The molecule has 0 aromatic carbocycles. The Balaban J connectivity index is 0. The number of carbonyl (C=O) groups is 2. The van der Waals surface area contributed by atoms with E-state index >= 15 is 0 Å². The van der Waals surface area contributed by atoms with Gasteiger partial charge in [-0.15, -0.1) is 0 Å². The molecule has 0 atom stereocenters. The van der Waals surface area contributed by atoms with Gasteiger partial charge >= 0.3 is 6.03 Å². The summed E-state index contributed by atoms with van der Waals surface area (Å²) < 4.78 is -0.665. The topological polar surface area (TPSA) is 72.2 Å². The Labute approximate surface area is 96.3 Å². The van der Waals surface area contributed by atoms with Gasteiger partial charge in [-0.2, -0.15) is 0 Å². The van der Waals surface area contributed by atoms with E-state index in [1.807, 2.05) is 19.2 Å². The smallest absolute Gasteiger partial charge is 0.318 e. The maximum absolute atomic E-state index is 11.3. The minimum absolute atomic E-state index is 0. The molecule has 0 heterocycles. The fourth-order valence-corrected chi connectivity index (χ4v) is 0.894. The number of rotatable bonds is 3. The zero-order valence-electron chi connectivity index (χ0n) is 7.52. The minimum atomic E-state index is -0.814. The van der Waals surface area contributed by atoms with Gasteiger partial charge in [-0.3, -0.25) is 10.1 Å². The van der Waals surface area contributed by atoms with E-state index in [2.05, 4.69) is 15.9 Å². The second-order valence-electron chi connectivity index (χ2n) is 2.49. The van der Waals surface area contributed by atoms with Gasteiger partial charge < -0.3 is 5.73 Å². The van der Waals surface area contributed by atoms with Crippen molar-refractivity contribution in [3.63, 3.8) is 0 Å². The van der Waals surface area contributed by atoms with Crippen LogP contribution < -0.4 is 11.1 Å². The molecule has 0 aliphatic rings. The largest absolute Gasteiger partial charge is 0.351 e. The third-order valence-electron chi connectivity index (χ3n) is 1.76. The molecule has 13 heavy (non-hydrogen) atoms. The third-order valence-corrected chi connectivity index (χ3v) is 3.25. The van der Waals surface area contributed by atoms with Crippen molar-refractivity contribution in [2.24, 2.45) is 5.73 Å². The summed E-state index contributed by atoms with van der Waals surface area (Å²) in [7, 11) is 0. The van der Waals surface area contributed by atoms with Gasteiger partial charge in [-0.1, -0.05) is 29.8 Å². The van der Waals surface area contributed by atoms with Crippen LogP contribution in [0.1, 0.15) is 26.7 Å². The number of nitrogens with one attached hydrogen (secondary N) is 1. The number of hydrogen-bond donors (Lipinski definition) is 2. The van der Waals surface area contributed by atoms with Gasteiger partial charge in [0.2, 0.25) is 5.91 Å². The van der Waals surface area contributed by atoms with Crippen molar-refractivity contribution < 1.29 is 26.4 Å². The molecule has 6 heteroatoms. The van der Waals surface area contributed by atoms with Crippen molar-refractivity contribution in [3.8, 4) is 0 Å². The predicted octanol–water partition coefficient (Wildman–Crippen LogP) is 1.13. The monoisotopic (exact) mass is 295 g/mol. The first-order valence-electron chi connectivity index (χ1n) is 3.76. The number of imide groups is 1. The molecule has 3 N–H and O–H groups in total. The van der Waals surface area contributed by atoms with Gasteiger partial charge in [0.1, 0.15) is 4.32 Å². The molecule has 0 fully saturated rings. The molecule has 79 valence electrons. The average molecular weight is 296 g/mol. The van der Waals surface area contributed by atoms with Crippen LogP contribution in [0.15, 0.2) is 0 Å². The Morgan fingerprint density at radius 2 is 1.77 bits per heavy atom. The van der Waals surface area contributed by atoms with Gasteiger partial charge in [0.25, 0.3) is 0 Å². The Morgan fingerprint density at radius 1 is 1.38 bits per heavy atom. The molecule has 0 aliphatic heterocycles. The quantitative estimate of drug-likeness (QED) is 0.766. The Hall–Kier alpha value is -0.0735. The standard InChI is InChI=1S/C7H13BrN2O2.Co/c1-3-7(8,4-2)5(11)10-6(9)12;/h3-4H2,1-2H3,(H3,9,10,11,12);. The first-order chi connectivity index (χ1) is 5.46. The van der Waals surface area contributed by atoms with E-state index in [0.717, 1.165) is 0 Å². The average Bonchev–Trinajstić information content (AvgIpc) is 2.02. The molecule has 0 spiro atoms. The van der Waals surface area contributed by atoms with Crippen LogP contribution in [0, 0.1) is 0 Å². The number of alkyl halides is 1. The van der Waals surface area contributed by atoms with E-state index in [-0.39, 0.29) is 22.7 Å². The van der Waals surface area contributed by atoms with Crippen LogP contribution in [0.25, 0.3) is 0 Å². The molecule has 0 bridgehead atoms. The first kappa shape index (κ1) is 15.4. The van der Waals surface area contributed by atoms with Crippen LogP contribution in [0.4, 0.5) is 4.79 Å². The summed E-state index contributed by atoms with van der Waals surface area (Å²) >= 11 is 3.26. The zero-order valence-corrected chi connectivity index (χ0v) is 10.1. The maximum Gasteiger partial charge on any atom is 0.318 e. The molecule has 3 amide bonds. The SMILES string of the molecule is CCC(Br)(CC)C(=O)NC(N)=O.[Co]. The van der Waals surface area contributed by atoms with Crippen LogP contribution in [0.5, 0.6) is 0 Å². The molecule has 0 saturated heterocycles. The molecule has 1 radical (unpaired) electrons. The van der Waals surface area contributed by atoms with Crippen molar-refractivity contribution in [1.82, 2.24) is 5.32 Å². The van der Waals surface area contributed by atoms with Crippen LogP contribution in [-0.2, 0) is 21.6 Å². The van der Waals surface area contributed by atoms with Gasteiger partial charge in [-0.05, 0) is 12.8 Å². The summed E-state index contributed by atoms with van der Waals surface area (Å²) in [6.45, 7) is 3.72. The Morgan fingerprint density at radius 3 is 2.00 bits per heavy atom. The maximum atomic E-state index is 11.3. The Kier molecular flexibility index (Phi) is 7.57. The van der Waals surface area contributed by atoms with Crippen molar-refractivity contribution >= 4 is 27.9 Å². The third kappa shape index (κ3) is 4.63. The molecular weight excluding hydrogens is 283 g/mol. The number of primary amides is 1. The van der Waals surface area contributed by atoms with Crippen LogP contribution in [0.2, 0.25) is 0 Å². The summed E-state index contributed by atoms with van der Waals surface area (Å²) in [6, 6.07) is -0.814. The number of carbonyl (C=O) groups excluding carboxylic acids is 2. The zero-order chi connectivity index (χ0) is 9.78. The predicted molar refractivity (Wildman–Crippen MR) is 50.0 cm³/mol. The molecule has 0 saturated carbocycles. The summed E-state index contributed by atoms with van der Waals surface area (Å²) in [5, 5.41) is 2.04. The van der Waals surface area contributed by atoms with Gasteiger partial charge in [0.15, 0.2) is 0 Å². The van der Waals surface area contributed by atoms with Crippen molar-refractivity contribution in [3.05, 3.63) is 0 Å². The summed E-state index contributed by atoms with van der Waals surface area (Å²) in [4.78, 5) is 21.6. The number of amides is 3. The van der Waals surface area contributed by atoms with Crippen LogP contribution in [0.3, 0.4) is 0 Å². The summed E-state index contributed by atoms with van der Waals surface area (Å²) in [5.74, 6) is -0.375. The molecule has 0 rings (SSSR count).